The van der Waals surface area contributed by atoms with Gasteiger partial charge in [0.15, 0.2) is 0 Å². The van der Waals surface area contributed by atoms with E-state index in [9.17, 15) is 4.79 Å². The van der Waals surface area contributed by atoms with E-state index in [1.165, 1.54) is 12.8 Å². The van der Waals surface area contributed by atoms with Crippen LogP contribution in [0, 0.1) is 6.92 Å². The van der Waals surface area contributed by atoms with Crippen LogP contribution in [0.15, 0.2) is 47.3 Å². The van der Waals surface area contributed by atoms with Gasteiger partial charge in [0.25, 0.3) is 5.56 Å². The van der Waals surface area contributed by atoms with E-state index in [0.29, 0.717) is 23.1 Å². The average molecular weight is 533 g/mol. The van der Waals surface area contributed by atoms with Gasteiger partial charge in [-0.3, -0.25) is 14.3 Å². The first-order valence-corrected chi connectivity index (χ1v) is 10.9. The summed E-state index contributed by atoms with van der Waals surface area (Å²) in [6.45, 7) is 4.82. The monoisotopic (exact) mass is 532 g/mol. The fraction of sp³-hybridized carbons (Fsp3) is 0.250. The van der Waals surface area contributed by atoms with Crippen LogP contribution in [0.4, 0.5) is 5.69 Å². The Bertz CT molecular complexity index is 1330. The highest BCUT2D eigenvalue weighted by Crippen LogP contribution is 2.20. The quantitative estimate of drug-likeness (QED) is 0.227. The molecule has 2 heterocycles. The van der Waals surface area contributed by atoms with E-state index in [0.717, 1.165) is 30.2 Å². The van der Waals surface area contributed by atoms with Gasteiger partial charge >= 0.3 is 23.9 Å². The minimum atomic E-state index is -1.82. The Labute approximate surface area is 215 Å². The number of likely N-dealkylation sites (tertiary alicyclic amines) is 1. The van der Waals surface area contributed by atoms with Crippen LogP contribution in [0.2, 0.25) is 0 Å². The van der Waals surface area contributed by atoms with Crippen LogP contribution in [0.3, 0.4) is 0 Å². The highest BCUT2D eigenvalue weighted by atomic mass is 16.4. The van der Waals surface area contributed by atoms with Gasteiger partial charge < -0.3 is 31.6 Å². The Morgan fingerprint density at radius 2 is 1.42 bits per heavy atom. The Hall–Kier alpha value is -4.82. The van der Waals surface area contributed by atoms with Crippen molar-refractivity contribution in [2.45, 2.75) is 26.3 Å². The van der Waals surface area contributed by atoms with Crippen molar-refractivity contribution in [3.8, 4) is 5.69 Å². The number of para-hydroxylation sites is 1. The number of hydrogen-bond donors (Lipinski definition) is 5. The molecule has 0 spiro atoms. The van der Waals surface area contributed by atoms with Crippen LogP contribution in [-0.2, 0) is 25.7 Å². The van der Waals surface area contributed by atoms with Gasteiger partial charge in [-0.25, -0.2) is 24.2 Å². The lowest BCUT2D eigenvalue weighted by atomic mass is 10.1. The highest BCUT2D eigenvalue weighted by Gasteiger charge is 2.19. The van der Waals surface area contributed by atoms with E-state index in [-0.39, 0.29) is 11.0 Å². The van der Waals surface area contributed by atoms with Gasteiger partial charge in [-0.1, -0.05) is 18.2 Å². The number of nitrogens with two attached hydrogens (primary N) is 1. The van der Waals surface area contributed by atoms with Gasteiger partial charge in [-0.05, 0) is 62.7 Å². The van der Waals surface area contributed by atoms with Crippen molar-refractivity contribution >= 4 is 40.5 Å². The van der Waals surface area contributed by atoms with Gasteiger partial charge in [0.05, 0.1) is 23.1 Å². The van der Waals surface area contributed by atoms with Crippen LogP contribution in [-0.4, -0.2) is 77.3 Å². The van der Waals surface area contributed by atoms with Crippen molar-refractivity contribution in [1.82, 2.24) is 14.5 Å². The minimum Gasteiger partial charge on any atom is -0.473 e. The summed E-state index contributed by atoms with van der Waals surface area (Å²) in [6.07, 6.45) is 2.41. The zero-order chi connectivity index (χ0) is 27.7. The number of rotatable bonds is 3. The Balaban J connectivity index is 0.000000469. The van der Waals surface area contributed by atoms with Crippen molar-refractivity contribution in [3.05, 3.63) is 64.2 Å². The Kier molecular flexibility index (Phi) is 11.5. The normalized spacial score (nSPS) is 12.2. The van der Waals surface area contributed by atoms with Gasteiger partial charge in [-0.15, -0.1) is 0 Å². The predicted molar refractivity (Wildman–Crippen MR) is 135 cm³/mol. The number of benzene rings is 2. The molecule has 3 aromatic rings. The number of carboxylic acids is 4. The van der Waals surface area contributed by atoms with Gasteiger partial charge in [0, 0.05) is 5.69 Å². The number of carboxylic acid groups (broad SMARTS) is 4. The van der Waals surface area contributed by atoms with E-state index in [1.54, 1.807) is 16.7 Å². The minimum absolute atomic E-state index is 0. The van der Waals surface area contributed by atoms with Crippen molar-refractivity contribution in [3.63, 3.8) is 0 Å². The third-order valence-electron chi connectivity index (χ3n) is 5.25. The SMILES string of the molecule is Cc1ccccc1-n1c(CN2CCCC2)nc2ccc(N)cc2c1=O.O.O=C(O)C(=O)O.O=C(O)C(=O)O. The predicted octanol–water partition coefficient (Wildman–Crippen LogP) is 0.359. The number of fused-ring (bicyclic) bond motifs is 1. The number of aryl methyl sites for hydroxylation is 1. The van der Waals surface area contributed by atoms with E-state index >= 15 is 0 Å². The third-order valence-corrected chi connectivity index (χ3v) is 5.25. The molecule has 1 fully saturated rings. The molecule has 1 aromatic heterocycles. The van der Waals surface area contributed by atoms with Crippen LogP contribution < -0.4 is 11.3 Å². The van der Waals surface area contributed by atoms with Crippen molar-refractivity contribution in [2.24, 2.45) is 0 Å². The zero-order valence-corrected chi connectivity index (χ0v) is 20.3. The maximum atomic E-state index is 13.3. The zero-order valence-electron chi connectivity index (χ0n) is 20.3. The van der Waals surface area contributed by atoms with E-state index in [2.05, 4.69) is 4.90 Å². The molecule has 204 valence electrons. The Morgan fingerprint density at radius 3 is 1.92 bits per heavy atom. The third kappa shape index (κ3) is 8.39. The van der Waals surface area contributed by atoms with Crippen LogP contribution in [0.1, 0.15) is 24.2 Å². The first kappa shape index (κ1) is 31.2. The summed E-state index contributed by atoms with van der Waals surface area (Å²) in [5, 5.41) is 30.1. The first-order valence-electron chi connectivity index (χ1n) is 10.9. The maximum Gasteiger partial charge on any atom is 0.414 e. The van der Waals surface area contributed by atoms with E-state index < -0.39 is 23.9 Å². The first-order chi connectivity index (χ1) is 17.4. The number of nitrogens with zero attached hydrogens (tertiary/aromatic N) is 3. The van der Waals surface area contributed by atoms with Gasteiger partial charge in [0.1, 0.15) is 5.82 Å². The number of aromatic nitrogens is 2. The highest BCUT2D eigenvalue weighted by molar-refractivity contribution is 6.27. The fourth-order valence-corrected chi connectivity index (χ4v) is 3.56. The van der Waals surface area contributed by atoms with Gasteiger partial charge in [0.2, 0.25) is 0 Å². The molecular weight excluding hydrogens is 504 g/mol. The van der Waals surface area contributed by atoms with E-state index in [4.69, 9.17) is 50.3 Å². The summed E-state index contributed by atoms with van der Waals surface area (Å²) in [4.78, 5) is 56.9. The molecule has 0 unspecified atom stereocenters. The van der Waals surface area contributed by atoms with Gasteiger partial charge in [-0.2, -0.15) is 0 Å². The number of hydrogen-bond acceptors (Lipinski definition) is 8. The molecule has 1 aliphatic rings. The summed E-state index contributed by atoms with van der Waals surface area (Å²) in [5.41, 5.74) is 9.07. The summed E-state index contributed by atoms with van der Waals surface area (Å²) in [7, 11) is 0. The largest absolute Gasteiger partial charge is 0.473 e. The fourth-order valence-electron chi connectivity index (χ4n) is 3.56. The molecule has 0 amide bonds. The molecule has 38 heavy (non-hydrogen) atoms. The molecule has 0 aliphatic carbocycles. The smallest absolute Gasteiger partial charge is 0.414 e. The maximum absolute atomic E-state index is 13.3. The molecule has 0 bridgehead atoms. The second-order valence-corrected chi connectivity index (χ2v) is 7.94. The van der Waals surface area contributed by atoms with Crippen molar-refractivity contribution < 1.29 is 45.1 Å². The number of anilines is 1. The van der Waals surface area contributed by atoms with Crippen molar-refractivity contribution in [1.29, 1.82) is 0 Å². The lowest BCUT2D eigenvalue weighted by molar-refractivity contribution is -0.159. The summed E-state index contributed by atoms with van der Waals surface area (Å²) < 4.78 is 1.76. The van der Waals surface area contributed by atoms with Crippen LogP contribution in [0.5, 0.6) is 0 Å². The lowest BCUT2D eigenvalue weighted by Gasteiger charge is -2.20. The molecule has 0 saturated carbocycles. The molecule has 1 aliphatic heterocycles. The van der Waals surface area contributed by atoms with Crippen LogP contribution in [0.25, 0.3) is 16.6 Å². The molecule has 1 saturated heterocycles. The molecule has 0 atom stereocenters. The summed E-state index contributed by atoms with van der Waals surface area (Å²) in [5.74, 6) is -6.51. The Morgan fingerprint density at radius 1 is 0.895 bits per heavy atom. The summed E-state index contributed by atoms with van der Waals surface area (Å²) in [6, 6.07) is 13.3. The molecule has 14 heteroatoms. The second kappa shape index (κ2) is 14.1. The molecule has 0 radical (unpaired) electrons. The second-order valence-electron chi connectivity index (χ2n) is 7.94. The average Bonchev–Trinajstić information content (AvgIpc) is 3.34. The molecule has 8 N–H and O–H groups in total. The van der Waals surface area contributed by atoms with E-state index in [1.807, 2.05) is 37.3 Å². The number of nitrogen functional groups attached to an aromatic ring is 1. The molecule has 4 rings (SSSR count). The molecule has 14 nitrogen and oxygen atoms in total. The lowest BCUT2D eigenvalue weighted by Crippen LogP contribution is -2.29. The number of aliphatic carboxylic acids is 4. The van der Waals surface area contributed by atoms with Crippen LogP contribution >= 0.6 is 0 Å². The molecule has 2 aromatic carbocycles. The summed E-state index contributed by atoms with van der Waals surface area (Å²) >= 11 is 0. The topological polar surface area (TPSA) is 245 Å². The van der Waals surface area contributed by atoms with Crippen molar-refractivity contribution in [2.75, 3.05) is 18.8 Å². The molecular formula is C24H28N4O10. The number of carbonyl (C=O) groups is 4. The standard InChI is InChI=1S/C20H22N4O.2C2H2O4.H2O/c1-14-6-2-3-7-18(14)24-19(13-23-10-4-5-11-23)22-17-9-8-15(21)12-16(17)20(24)25;2*3-1(4)2(5)6;/h2-3,6-9,12H,4-5,10-11,13,21H2,1H3;2*(H,3,4)(H,5,6);1H2.